The number of anilines is 3. The highest BCUT2D eigenvalue weighted by Gasteiger charge is 2.54. The quantitative estimate of drug-likeness (QED) is 0.328. The molecule has 2 saturated heterocycles. The molecule has 2 atom stereocenters. The van der Waals surface area contributed by atoms with Crippen molar-refractivity contribution in [2.24, 2.45) is 5.92 Å². The molecule has 2 fully saturated rings. The van der Waals surface area contributed by atoms with Gasteiger partial charge in [-0.2, -0.15) is 0 Å². The molecule has 3 N–H and O–H groups in total. The molecule has 224 valence electrons. The number of nitrogens with zero attached hydrogens (tertiary/aromatic N) is 3. The summed E-state index contributed by atoms with van der Waals surface area (Å²) in [6.07, 6.45) is 5.46. The van der Waals surface area contributed by atoms with Crippen LogP contribution in [0.5, 0.6) is 0 Å². The van der Waals surface area contributed by atoms with Gasteiger partial charge in [-0.05, 0) is 80.4 Å². The van der Waals surface area contributed by atoms with Crippen molar-refractivity contribution < 1.29 is 19.8 Å². The molecule has 0 aliphatic carbocycles. The number of halogens is 1. The summed E-state index contributed by atoms with van der Waals surface area (Å²) in [5.74, 6) is -0.845. The number of hydrogen-bond donors (Lipinski definition) is 3. The summed E-state index contributed by atoms with van der Waals surface area (Å²) in [6.45, 7) is 4.08. The normalized spacial score (nSPS) is 22.2. The number of nitrogens with one attached hydrogen (secondary N) is 1. The number of rotatable bonds is 8. The van der Waals surface area contributed by atoms with E-state index in [0.717, 1.165) is 42.9 Å². The van der Waals surface area contributed by atoms with Crippen LogP contribution in [0.4, 0.5) is 17.1 Å². The molecule has 0 unspecified atom stereocenters. The van der Waals surface area contributed by atoms with Gasteiger partial charge in [0.15, 0.2) is 5.60 Å². The monoisotopic (exact) mass is 600 g/mol. The van der Waals surface area contributed by atoms with Gasteiger partial charge < -0.3 is 25.3 Å². The Balaban J connectivity index is 1.26. The van der Waals surface area contributed by atoms with Crippen molar-refractivity contribution in [3.63, 3.8) is 0 Å². The van der Waals surface area contributed by atoms with Gasteiger partial charge in [0.05, 0.1) is 18.9 Å². The number of piperidine rings is 1. The lowest BCUT2D eigenvalue weighted by Gasteiger charge is -2.39. The molecular weight excluding hydrogens is 564 g/mol. The van der Waals surface area contributed by atoms with E-state index in [1.165, 1.54) is 0 Å². The highest BCUT2D eigenvalue weighted by atomic mass is 35.5. The minimum absolute atomic E-state index is 0.00830. The first kappa shape index (κ1) is 29.4. The maximum atomic E-state index is 14.0. The number of carbonyl (C=O) groups is 2. The largest absolute Gasteiger partial charge is 0.396 e. The minimum Gasteiger partial charge on any atom is -0.396 e. The molecule has 8 nitrogen and oxygen atoms in total. The smallest absolute Gasteiger partial charge is 0.264 e. The van der Waals surface area contributed by atoms with Crippen molar-refractivity contribution >= 4 is 40.5 Å². The van der Waals surface area contributed by atoms with Crippen LogP contribution in [0.1, 0.15) is 37.3 Å². The topological polar surface area (TPSA) is 96.3 Å². The number of benzene rings is 3. The summed E-state index contributed by atoms with van der Waals surface area (Å²) >= 11 is 6.30. The van der Waals surface area contributed by atoms with E-state index in [2.05, 4.69) is 22.3 Å². The third-order valence-electron chi connectivity index (χ3n) is 9.14. The van der Waals surface area contributed by atoms with E-state index in [4.69, 9.17) is 16.7 Å². The van der Waals surface area contributed by atoms with Crippen LogP contribution in [0.2, 0.25) is 5.02 Å². The minimum atomic E-state index is -1.78. The van der Waals surface area contributed by atoms with E-state index >= 15 is 0 Å². The molecule has 3 aliphatic rings. The molecule has 0 saturated carbocycles. The van der Waals surface area contributed by atoms with E-state index in [1.54, 1.807) is 42.2 Å². The molecular formula is C34H37ClN4O4. The molecule has 0 aromatic heterocycles. The van der Waals surface area contributed by atoms with Crippen molar-refractivity contribution in [3.05, 3.63) is 101 Å². The molecule has 3 aliphatic heterocycles. The average Bonchev–Trinajstić information content (AvgIpc) is 3.42. The molecule has 3 aromatic rings. The van der Waals surface area contributed by atoms with Gasteiger partial charge in [0.1, 0.15) is 5.54 Å². The molecule has 2 amide bonds. The van der Waals surface area contributed by atoms with E-state index in [-0.39, 0.29) is 19.1 Å². The lowest BCUT2D eigenvalue weighted by molar-refractivity contribution is -0.139. The third kappa shape index (κ3) is 5.02. The Morgan fingerprint density at radius 1 is 0.977 bits per heavy atom. The lowest BCUT2D eigenvalue weighted by atomic mass is 9.83. The van der Waals surface area contributed by atoms with Crippen LogP contribution in [0.15, 0.2) is 84.9 Å². The fraction of sp³-hybridized carbons (Fsp3) is 0.353. The van der Waals surface area contributed by atoms with Crippen LogP contribution in [-0.4, -0.2) is 53.9 Å². The second-order valence-electron chi connectivity index (χ2n) is 11.6. The molecule has 0 radical (unpaired) electrons. The Morgan fingerprint density at radius 3 is 2.40 bits per heavy atom. The van der Waals surface area contributed by atoms with Gasteiger partial charge in [-0.3, -0.25) is 14.5 Å². The summed E-state index contributed by atoms with van der Waals surface area (Å²) in [5, 5.41) is 24.8. The second-order valence-corrected chi connectivity index (χ2v) is 12.1. The van der Waals surface area contributed by atoms with Crippen LogP contribution >= 0.6 is 11.6 Å². The fourth-order valence-electron chi connectivity index (χ4n) is 6.72. The first-order valence-corrected chi connectivity index (χ1v) is 15.2. The molecule has 3 aromatic carbocycles. The molecule has 0 bridgehead atoms. The summed E-state index contributed by atoms with van der Waals surface area (Å²) in [5.41, 5.74) is 1.45. The zero-order valence-corrected chi connectivity index (χ0v) is 25.0. The standard InChI is InChI=1S/C34H37ClN4O4/c1-24(7-5-6-20-40)34(43)29-21-26(35)12-15-30(29)37(32(34)42)22-25-10-13-27(14-11-25)38-23-39(28-8-3-2-4-9-28)33(31(38)41)16-18-36-19-17-33/h2-5,7-15,21,24,36,40,43H,6,16-20,22-23H2,1H3/b7-5+/t24-,34+/m1/s1. The van der Waals surface area contributed by atoms with Crippen LogP contribution < -0.4 is 20.0 Å². The SMILES string of the molecule is C[C@H](/C=C/CCO)[C@@]1(O)C(=O)N(Cc2ccc(N3CN(c4ccccc4)C4(CCNCC4)C3=O)cc2)c2ccc(Cl)cc21. The summed E-state index contributed by atoms with van der Waals surface area (Å²) in [6, 6.07) is 23.0. The first-order chi connectivity index (χ1) is 20.8. The van der Waals surface area contributed by atoms with Gasteiger partial charge >= 0.3 is 0 Å². The van der Waals surface area contributed by atoms with E-state index in [9.17, 15) is 14.7 Å². The molecule has 43 heavy (non-hydrogen) atoms. The summed E-state index contributed by atoms with van der Waals surface area (Å²) < 4.78 is 0. The van der Waals surface area contributed by atoms with Gasteiger partial charge in [-0.15, -0.1) is 0 Å². The molecule has 6 rings (SSSR count). The van der Waals surface area contributed by atoms with Gasteiger partial charge in [-0.1, -0.05) is 61.0 Å². The number of hydrogen-bond acceptors (Lipinski definition) is 6. The average molecular weight is 601 g/mol. The number of aliphatic hydroxyl groups is 2. The van der Waals surface area contributed by atoms with Crippen molar-refractivity contribution in [1.82, 2.24) is 5.32 Å². The van der Waals surface area contributed by atoms with Crippen molar-refractivity contribution in [1.29, 1.82) is 0 Å². The van der Waals surface area contributed by atoms with Crippen LogP contribution in [0.3, 0.4) is 0 Å². The Kier molecular flexibility index (Phi) is 8.04. The van der Waals surface area contributed by atoms with Crippen LogP contribution in [0, 0.1) is 5.92 Å². The molecule has 1 spiro atoms. The number of amides is 2. The predicted octanol–water partition coefficient (Wildman–Crippen LogP) is 4.58. The lowest BCUT2D eigenvalue weighted by Crippen LogP contribution is -2.55. The second kappa shape index (κ2) is 11.8. The maximum absolute atomic E-state index is 14.0. The van der Waals surface area contributed by atoms with E-state index in [1.807, 2.05) is 47.4 Å². The summed E-state index contributed by atoms with van der Waals surface area (Å²) in [7, 11) is 0. The van der Waals surface area contributed by atoms with E-state index < -0.39 is 23.0 Å². The Morgan fingerprint density at radius 2 is 1.70 bits per heavy atom. The highest BCUT2D eigenvalue weighted by molar-refractivity contribution is 6.31. The van der Waals surface area contributed by atoms with Crippen LogP contribution in [0.25, 0.3) is 0 Å². The van der Waals surface area contributed by atoms with Gasteiger partial charge in [0.2, 0.25) is 0 Å². The van der Waals surface area contributed by atoms with Gasteiger partial charge in [0, 0.05) is 34.5 Å². The maximum Gasteiger partial charge on any atom is 0.264 e. The number of aliphatic hydroxyl groups excluding tert-OH is 1. The zero-order chi connectivity index (χ0) is 30.2. The van der Waals surface area contributed by atoms with Crippen molar-refractivity contribution in [2.75, 3.05) is 41.1 Å². The van der Waals surface area contributed by atoms with Crippen LogP contribution in [-0.2, 0) is 21.7 Å². The predicted molar refractivity (Wildman–Crippen MR) is 169 cm³/mol. The number of para-hydroxylation sites is 1. The van der Waals surface area contributed by atoms with Crippen molar-refractivity contribution in [3.8, 4) is 0 Å². The van der Waals surface area contributed by atoms with Crippen molar-refractivity contribution in [2.45, 2.75) is 43.9 Å². The Labute approximate surface area is 257 Å². The Bertz CT molecular complexity index is 1520. The molecule has 3 heterocycles. The fourth-order valence-corrected chi connectivity index (χ4v) is 6.89. The Hall–Kier alpha value is -3.69. The van der Waals surface area contributed by atoms with Gasteiger partial charge in [-0.25, -0.2) is 0 Å². The first-order valence-electron chi connectivity index (χ1n) is 14.9. The van der Waals surface area contributed by atoms with E-state index in [0.29, 0.717) is 29.4 Å². The number of fused-ring (bicyclic) bond motifs is 1. The van der Waals surface area contributed by atoms with Gasteiger partial charge in [0.25, 0.3) is 11.8 Å². The molecule has 9 heteroatoms. The zero-order valence-electron chi connectivity index (χ0n) is 24.2. The summed E-state index contributed by atoms with van der Waals surface area (Å²) in [4.78, 5) is 33.5. The number of carbonyl (C=O) groups excluding carboxylic acids is 2. The highest BCUT2D eigenvalue weighted by Crippen LogP contribution is 2.47. The third-order valence-corrected chi connectivity index (χ3v) is 9.38.